The second-order valence-corrected chi connectivity index (χ2v) is 7.32. The Bertz CT molecular complexity index is 1380. The molecule has 0 saturated carbocycles. The van der Waals surface area contributed by atoms with Crippen LogP contribution in [0.4, 0.5) is 0 Å². The van der Waals surface area contributed by atoms with Gasteiger partial charge in [0.2, 0.25) is 0 Å². The fourth-order valence-electron chi connectivity index (χ4n) is 3.39. The van der Waals surface area contributed by atoms with Gasteiger partial charge in [0.25, 0.3) is 0 Å². The normalized spacial score (nSPS) is 11.1. The lowest BCUT2D eigenvalue weighted by atomic mass is 10.0. The largest absolute Gasteiger partial charge is 0.489 e. The van der Waals surface area contributed by atoms with Gasteiger partial charge in [-0.05, 0) is 42.0 Å². The van der Waals surface area contributed by atoms with Gasteiger partial charge in [-0.15, -0.1) is 0 Å². The number of ether oxygens (including phenoxy) is 1. The van der Waals surface area contributed by atoms with Gasteiger partial charge < -0.3 is 9.15 Å². The van der Waals surface area contributed by atoms with Gasteiger partial charge in [-0.3, -0.25) is 9.78 Å². The lowest BCUT2D eigenvalue weighted by Crippen LogP contribution is -2.03. The number of furan rings is 1. The highest BCUT2D eigenvalue weighted by Gasteiger charge is 2.17. The molecule has 0 aliphatic heterocycles. The highest BCUT2D eigenvalue weighted by Crippen LogP contribution is 2.30. The number of carbonyl (C=O) groups excluding carboxylic acids is 1. The summed E-state index contributed by atoms with van der Waals surface area (Å²) in [4.78, 5) is 17.5. The summed E-state index contributed by atoms with van der Waals surface area (Å²) in [6, 6.07) is 22.6. The second kappa shape index (κ2) is 7.65. The van der Waals surface area contributed by atoms with Crippen molar-refractivity contribution in [3.05, 3.63) is 107 Å². The van der Waals surface area contributed by atoms with Crippen molar-refractivity contribution in [3.8, 4) is 5.75 Å². The van der Waals surface area contributed by atoms with Crippen molar-refractivity contribution in [2.24, 2.45) is 0 Å². The Labute approximate surface area is 177 Å². The predicted octanol–water partition coefficient (Wildman–Crippen LogP) is 6.44. The van der Waals surface area contributed by atoms with Crippen molar-refractivity contribution in [2.45, 2.75) is 6.61 Å². The average Bonchev–Trinajstić information content (AvgIpc) is 3.26. The molecule has 0 amide bonds. The fourth-order valence-corrected chi connectivity index (χ4v) is 3.69. The molecule has 0 atom stereocenters. The third-order valence-corrected chi connectivity index (χ3v) is 5.39. The Hall–Kier alpha value is -3.63. The van der Waals surface area contributed by atoms with E-state index in [1.807, 2.05) is 54.6 Å². The Morgan fingerprint density at radius 3 is 2.73 bits per heavy atom. The molecule has 0 spiro atoms. The van der Waals surface area contributed by atoms with Crippen molar-refractivity contribution < 1.29 is 13.9 Å². The fraction of sp³-hybridized carbons (Fsp3) is 0.0400. The summed E-state index contributed by atoms with van der Waals surface area (Å²) in [7, 11) is 0. The summed E-state index contributed by atoms with van der Waals surface area (Å²) in [5.41, 5.74) is 3.39. The predicted molar refractivity (Wildman–Crippen MR) is 117 cm³/mol. The van der Waals surface area contributed by atoms with E-state index >= 15 is 0 Å². The van der Waals surface area contributed by atoms with Gasteiger partial charge in [0, 0.05) is 28.6 Å². The number of hydrogen-bond donors (Lipinski definition) is 0. The smallest absolute Gasteiger partial charge is 0.196 e. The maximum absolute atomic E-state index is 13.0. The van der Waals surface area contributed by atoms with Crippen molar-refractivity contribution in [1.29, 1.82) is 0 Å². The SMILES string of the molecule is O=C(c1ccc2occc2c1)c1cnc2cc(OCc3ccccc3)ccc2c1Cl. The molecule has 0 N–H and O–H groups in total. The van der Waals surface area contributed by atoms with Gasteiger partial charge in [-0.1, -0.05) is 41.9 Å². The Kier molecular flexibility index (Phi) is 4.69. The number of nitrogens with zero attached hydrogens (tertiary/aromatic N) is 1. The molecule has 146 valence electrons. The molecule has 5 rings (SSSR count). The van der Waals surface area contributed by atoms with Crippen molar-refractivity contribution in [2.75, 3.05) is 0 Å². The number of ketones is 1. The molecular weight excluding hydrogens is 398 g/mol. The van der Waals surface area contributed by atoms with Crippen LogP contribution in [-0.2, 0) is 6.61 Å². The summed E-state index contributed by atoms with van der Waals surface area (Å²) >= 11 is 6.59. The van der Waals surface area contributed by atoms with E-state index in [1.54, 1.807) is 24.5 Å². The van der Waals surface area contributed by atoms with Crippen molar-refractivity contribution in [1.82, 2.24) is 4.98 Å². The minimum atomic E-state index is -0.179. The van der Waals surface area contributed by atoms with Crippen LogP contribution >= 0.6 is 11.6 Å². The number of hydrogen-bond acceptors (Lipinski definition) is 4. The maximum Gasteiger partial charge on any atom is 0.196 e. The van der Waals surface area contributed by atoms with Gasteiger partial charge in [0.1, 0.15) is 17.9 Å². The highest BCUT2D eigenvalue weighted by molar-refractivity contribution is 6.39. The molecule has 0 aliphatic rings. The molecule has 5 heteroatoms. The molecule has 4 nitrogen and oxygen atoms in total. The Morgan fingerprint density at radius 2 is 1.87 bits per heavy atom. The summed E-state index contributed by atoms with van der Waals surface area (Å²) in [5, 5.41) is 1.96. The maximum atomic E-state index is 13.0. The molecule has 0 unspecified atom stereocenters. The average molecular weight is 414 g/mol. The first-order chi connectivity index (χ1) is 14.7. The number of pyridine rings is 1. The molecule has 3 aromatic carbocycles. The lowest BCUT2D eigenvalue weighted by Gasteiger charge is -2.10. The Balaban J connectivity index is 1.44. The van der Waals surface area contributed by atoms with Crippen LogP contribution < -0.4 is 4.74 Å². The van der Waals surface area contributed by atoms with Crippen LogP contribution in [0.15, 0.2) is 89.7 Å². The van der Waals surface area contributed by atoms with Gasteiger partial charge in [0.15, 0.2) is 5.78 Å². The first-order valence-corrected chi connectivity index (χ1v) is 9.84. The topological polar surface area (TPSA) is 52.3 Å². The lowest BCUT2D eigenvalue weighted by molar-refractivity contribution is 0.103. The molecule has 0 aliphatic carbocycles. The quantitative estimate of drug-likeness (QED) is 0.311. The van der Waals surface area contributed by atoms with E-state index in [4.69, 9.17) is 20.8 Å². The molecular formula is C25H16ClNO3. The van der Waals surface area contributed by atoms with E-state index in [-0.39, 0.29) is 5.78 Å². The number of rotatable bonds is 5. The van der Waals surface area contributed by atoms with Crippen molar-refractivity contribution >= 4 is 39.3 Å². The first-order valence-electron chi connectivity index (χ1n) is 9.46. The zero-order chi connectivity index (χ0) is 20.5. The zero-order valence-electron chi connectivity index (χ0n) is 15.8. The summed E-state index contributed by atoms with van der Waals surface area (Å²) < 4.78 is 11.2. The molecule has 0 fully saturated rings. The van der Waals surface area contributed by atoms with Crippen LogP contribution in [0.5, 0.6) is 5.75 Å². The van der Waals surface area contributed by atoms with Gasteiger partial charge >= 0.3 is 0 Å². The van der Waals surface area contributed by atoms with Crippen LogP contribution in [0, 0.1) is 0 Å². The van der Waals surface area contributed by atoms with Crippen LogP contribution in [0.1, 0.15) is 21.5 Å². The second-order valence-electron chi connectivity index (χ2n) is 6.94. The number of benzene rings is 3. The minimum Gasteiger partial charge on any atom is -0.489 e. The molecule has 0 saturated heterocycles. The van der Waals surface area contributed by atoms with E-state index in [9.17, 15) is 4.79 Å². The molecule has 5 aromatic rings. The van der Waals surface area contributed by atoms with Crippen LogP contribution in [-0.4, -0.2) is 10.8 Å². The number of aromatic nitrogens is 1. The van der Waals surface area contributed by atoms with E-state index < -0.39 is 0 Å². The van der Waals surface area contributed by atoms with Gasteiger partial charge in [-0.2, -0.15) is 0 Å². The molecule has 30 heavy (non-hydrogen) atoms. The van der Waals surface area contributed by atoms with E-state index in [1.165, 1.54) is 6.20 Å². The summed E-state index contributed by atoms with van der Waals surface area (Å²) in [6.45, 7) is 0.465. The van der Waals surface area contributed by atoms with Crippen LogP contribution in [0.25, 0.3) is 21.9 Å². The Morgan fingerprint density at radius 1 is 1.00 bits per heavy atom. The third kappa shape index (κ3) is 3.42. The molecule has 2 heterocycles. The van der Waals surface area contributed by atoms with Gasteiger partial charge in [-0.25, -0.2) is 0 Å². The van der Waals surface area contributed by atoms with Crippen LogP contribution in [0.2, 0.25) is 5.02 Å². The van der Waals surface area contributed by atoms with E-state index in [2.05, 4.69) is 4.98 Å². The first kappa shape index (κ1) is 18.4. The highest BCUT2D eigenvalue weighted by atomic mass is 35.5. The van der Waals surface area contributed by atoms with Crippen LogP contribution in [0.3, 0.4) is 0 Å². The minimum absolute atomic E-state index is 0.179. The molecule has 0 radical (unpaired) electrons. The molecule has 2 aromatic heterocycles. The van der Waals surface area contributed by atoms with Gasteiger partial charge in [0.05, 0.1) is 22.4 Å². The number of halogens is 1. The number of carbonyl (C=O) groups is 1. The summed E-state index contributed by atoms with van der Waals surface area (Å²) in [6.07, 6.45) is 3.12. The zero-order valence-corrected chi connectivity index (χ0v) is 16.6. The molecule has 0 bridgehead atoms. The standard InChI is InChI=1S/C25H16ClNO3/c26-24-20-8-7-19(30-15-16-4-2-1-3-5-16)13-22(20)27-14-21(24)25(28)18-6-9-23-17(12-18)10-11-29-23/h1-14H,15H2. The van der Waals surface area contributed by atoms with E-state index in [0.717, 1.165) is 16.5 Å². The van der Waals surface area contributed by atoms with E-state index in [0.29, 0.717) is 39.4 Å². The third-order valence-electron chi connectivity index (χ3n) is 4.98. The summed E-state index contributed by atoms with van der Waals surface area (Å²) in [5.74, 6) is 0.515. The van der Waals surface area contributed by atoms with Crippen molar-refractivity contribution in [3.63, 3.8) is 0 Å². The number of fused-ring (bicyclic) bond motifs is 2. The monoisotopic (exact) mass is 413 g/mol.